The van der Waals surface area contributed by atoms with Crippen molar-refractivity contribution in [1.29, 1.82) is 0 Å². The van der Waals surface area contributed by atoms with E-state index in [9.17, 15) is 12.8 Å². The van der Waals surface area contributed by atoms with E-state index in [4.69, 9.17) is 4.74 Å². The molecule has 2 heterocycles. The lowest BCUT2D eigenvalue weighted by Crippen LogP contribution is -2.47. The molecule has 0 aromatic heterocycles. The number of sulfonamides is 1. The van der Waals surface area contributed by atoms with Crippen molar-refractivity contribution in [3.8, 4) is 5.75 Å². The van der Waals surface area contributed by atoms with Gasteiger partial charge in [-0.3, -0.25) is 9.21 Å². The minimum absolute atomic E-state index is 0.00578. The van der Waals surface area contributed by atoms with Crippen molar-refractivity contribution >= 4 is 21.4 Å². The molecule has 196 valence electrons. The summed E-state index contributed by atoms with van der Waals surface area (Å²) in [6, 6.07) is 20.3. The average Bonchev–Trinajstić information content (AvgIpc) is 2.92. The van der Waals surface area contributed by atoms with Gasteiger partial charge in [0, 0.05) is 44.8 Å². The van der Waals surface area contributed by atoms with E-state index < -0.39 is 10.0 Å². The molecule has 8 heteroatoms. The van der Waals surface area contributed by atoms with E-state index in [2.05, 4.69) is 34.9 Å². The normalized spacial score (nSPS) is 17.4. The Bertz CT molecular complexity index is 1340. The summed E-state index contributed by atoms with van der Waals surface area (Å²) in [5.41, 5.74) is 4.71. The predicted octanol–water partition coefficient (Wildman–Crippen LogP) is 5.00. The Morgan fingerprint density at radius 2 is 1.70 bits per heavy atom. The fraction of sp³-hybridized carbons (Fsp3) is 0.379. The van der Waals surface area contributed by atoms with Crippen molar-refractivity contribution in [1.82, 2.24) is 4.90 Å². The molecule has 0 amide bonds. The molecule has 1 unspecified atom stereocenters. The Labute approximate surface area is 219 Å². The number of piperazine rings is 1. The van der Waals surface area contributed by atoms with Crippen molar-refractivity contribution in [2.45, 2.75) is 31.6 Å². The third-order valence-corrected chi connectivity index (χ3v) is 9.26. The molecule has 6 nitrogen and oxygen atoms in total. The summed E-state index contributed by atoms with van der Waals surface area (Å²) in [6.45, 7) is 5.84. The van der Waals surface area contributed by atoms with Crippen LogP contribution in [0.15, 0.2) is 66.7 Å². The van der Waals surface area contributed by atoms with Crippen LogP contribution in [0, 0.1) is 5.82 Å². The van der Waals surface area contributed by atoms with Gasteiger partial charge < -0.3 is 9.64 Å². The Kier molecular flexibility index (Phi) is 7.40. The van der Waals surface area contributed by atoms with E-state index in [0.717, 1.165) is 67.1 Å². The fourth-order valence-electron chi connectivity index (χ4n) is 5.58. The van der Waals surface area contributed by atoms with Gasteiger partial charge in [-0.2, -0.15) is 0 Å². The Morgan fingerprint density at radius 3 is 2.43 bits per heavy atom. The van der Waals surface area contributed by atoms with Crippen LogP contribution in [0.3, 0.4) is 0 Å². The van der Waals surface area contributed by atoms with E-state index in [0.29, 0.717) is 12.3 Å². The molecule has 0 N–H and O–H groups in total. The molecule has 3 aromatic rings. The first-order chi connectivity index (χ1) is 17.9. The van der Waals surface area contributed by atoms with E-state index in [1.807, 2.05) is 30.3 Å². The highest BCUT2D eigenvalue weighted by Gasteiger charge is 2.33. The van der Waals surface area contributed by atoms with E-state index in [-0.39, 0.29) is 17.6 Å². The lowest BCUT2D eigenvalue weighted by molar-refractivity contribution is 0.198. The maximum Gasteiger partial charge on any atom is 0.239 e. The maximum atomic E-state index is 13.7. The minimum atomic E-state index is -3.53. The molecule has 0 aliphatic carbocycles. The zero-order valence-electron chi connectivity index (χ0n) is 21.4. The number of rotatable bonds is 7. The van der Waals surface area contributed by atoms with Gasteiger partial charge in [0.25, 0.3) is 0 Å². The zero-order valence-corrected chi connectivity index (χ0v) is 22.3. The van der Waals surface area contributed by atoms with Gasteiger partial charge in [-0.25, -0.2) is 12.8 Å². The van der Waals surface area contributed by atoms with Gasteiger partial charge in [-0.1, -0.05) is 48.5 Å². The number of aryl methyl sites for hydroxylation is 1. The molecule has 2 aliphatic heterocycles. The van der Waals surface area contributed by atoms with Gasteiger partial charge in [0.2, 0.25) is 10.0 Å². The Balaban J connectivity index is 1.37. The van der Waals surface area contributed by atoms with Gasteiger partial charge in [-0.05, 0) is 48.6 Å². The summed E-state index contributed by atoms with van der Waals surface area (Å²) >= 11 is 0. The van der Waals surface area contributed by atoms with Crippen molar-refractivity contribution in [3.05, 3.63) is 89.2 Å². The van der Waals surface area contributed by atoms with Crippen LogP contribution in [-0.2, 0) is 22.2 Å². The van der Waals surface area contributed by atoms with Gasteiger partial charge in [0.15, 0.2) is 0 Å². The number of hydrogen-bond acceptors (Lipinski definition) is 5. The Morgan fingerprint density at radius 1 is 0.946 bits per heavy atom. The number of fused-ring (bicyclic) bond motifs is 1. The largest absolute Gasteiger partial charge is 0.494 e. The smallest absolute Gasteiger partial charge is 0.239 e. The van der Waals surface area contributed by atoms with Crippen LogP contribution in [-0.4, -0.2) is 53.2 Å². The summed E-state index contributed by atoms with van der Waals surface area (Å²) in [5.74, 6) is 0.222. The third kappa shape index (κ3) is 5.31. The summed E-state index contributed by atoms with van der Waals surface area (Å²) < 4.78 is 48.0. The van der Waals surface area contributed by atoms with Gasteiger partial charge in [0.1, 0.15) is 11.6 Å². The first-order valence-corrected chi connectivity index (χ1v) is 14.5. The number of halogens is 1. The SMILES string of the molecule is COc1cc(F)ccc1N1CCN(C(C)c2cccc3c2N(S(=O)(=O)Cc2ccccc2)CCC3)CC1. The summed E-state index contributed by atoms with van der Waals surface area (Å²) in [6.07, 6.45) is 1.70. The summed E-state index contributed by atoms with van der Waals surface area (Å²) in [7, 11) is -1.97. The number of ether oxygens (including phenoxy) is 1. The lowest BCUT2D eigenvalue weighted by atomic mass is 9.95. The number of benzene rings is 3. The number of para-hydroxylation sites is 1. The van der Waals surface area contributed by atoms with Crippen LogP contribution in [0.5, 0.6) is 5.75 Å². The number of hydrogen-bond donors (Lipinski definition) is 0. The second kappa shape index (κ2) is 10.7. The lowest BCUT2D eigenvalue weighted by Gasteiger charge is -2.41. The van der Waals surface area contributed by atoms with E-state index in [1.54, 1.807) is 17.5 Å². The molecule has 2 aliphatic rings. The number of methoxy groups -OCH3 is 1. The zero-order chi connectivity index (χ0) is 26.0. The van der Waals surface area contributed by atoms with Gasteiger partial charge in [0.05, 0.1) is 24.2 Å². The molecule has 5 rings (SSSR count). The number of anilines is 2. The van der Waals surface area contributed by atoms with Crippen LogP contribution in [0.1, 0.15) is 36.1 Å². The number of nitrogens with zero attached hydrogens (tertiary/aromatic N) is 3. The van der Waals surface area contributed by atoms with Crippen LogP contribution in [0.4, 0.5) is 15.8 Å². The molecular formula is C29H34FN3O3S. The first-order valence-electron chi connectivity index (χ1n) is 12.9. The predicted molar refractivity (Wildman–Crippen MR) is 146 cm³/mol. The fourth-order valence-corrected chi connectivity index (χ4v) is 7.26. The average molecular weight is 524 g/mol. The highest BCUT2D eigenvalue weighted by atomic mass is 32.2. The van der Waals surface area contributed by atoms with Crippen molar-refractivity contribution in [2.75, 3.05) is 49.0 Å². The monoisotopic (exact) mass is 523 g/mol. The highest BCUT2D eigenvalue weighted by molar-refractivity contribution is 7.92. The maximum absolute atomic E-state index is 13.7. The molecule has 37 heavy (non-hydrogen) atoms. The minimum Gasteiger partial charge on any atom is -0.494 e. The van der Waals surface area contributed by atoms with E-state index >= 15 is 0 Å². The van der Waals surface area contributed by atoms with E-state index in [1.165, 1.54) is 12.1 Å². The highest BCUT2D eigenvalue weighted by Crippen LogP contribution is 2.39. The second-order valence-electron chi connectivity index (χ2n) is 9.79. The molecule has 0 saturated carbocycles. The summed E-state index contributed by atoms with van der Waals surface area (Å²) in [4.78, 5) is 4.62. The van der Waals surface area contributed by atoms with Crippen molar-refractivity contribution in [3.63, 3.8) is 0 Å². The second-order valence-corrected chi connectivity index (χ2v) is 11.7. The van der Waals surface area contributed by atoms with Gasteiger partial charge >= 0.3 is 0 Å². The molecule has 1 fully saturated rings. The Hall–Kier alpha value is -3.10. The standard InChI is InChI=1S/C29H34FN3O3S/c1-22(31-16-18-32(19-17-31)27-14-13-25(30)20-28(27)36-2)26-12-6-10-24-11-7-15-33(29(24)26)37(34,35)21-23-8-4-3-5-9-23/h3-6,8-10,12-14,20,22H,7,11,15-19,21H2,1-2H3. The van der Waals surface area contributed by atoms with Crippen LogP contribution in [0.2, 0.25) is 0 Å². The van der Waals surface area contributed by atoms with Crippen LogP contribution >= 0.6 is 0 Å². The first kappa shape index (κ1) is 25.5. The quantitative estimate of drug-likeness (QED) is 0.436. The van der Waals surface area contributed by atoms with Gasteiger partial charge in [-0.15, -0.1) is 0 Å². The van der Waals surface area contributed by atoms with Crippen molar-refractivity contribution < 1.29 is 17.5 Å². The molecule has 3 aromatic carbocycles. The molecule has 0 bridgehead atoms. The van der Waals surface area contributed by atoms with Crippen molar-refractivity contribution in [2.24, 2.45) is 0 Å². The summed E-state index contributed by atoms with van der Waals surface area (Å²) in [5, 5.41) is 0. The molecule has 0 spiro atoms. The molecule has 1 saturated heterocycles. The molecular weight excluding hydrogens is 489 g/mol. The van der Waals surface area contributed by atoms with Crippen LogP contribution < -0.4 is 13.9 Å². The molecule has 0 radical (unpaired) electrons. The topological polar surface area (TPSA) is 53.1 Å². The molecule has 1 atom stereocenters. The third-order valence-electron chi connectivity index (χ3n) is 7.53. The van der Waals surface area contributed by atoms with Crippen LogP contribution in [0.25, 0.3) is 0 Å².